The number of fused-ring (bicyclic) bond motifs is 3. The van der Waals surface area contributed by atoms with Crippen LogP contribution in [0.4, 0.5) is 17.2 Å². The fourth-order valence-electron chi connectivity index (χ4n) is 5.66. The Bertz CT molecular complexity index is 2010. The summed E-state index contributed by atoms with van der Waals surface area (Å²) in [6.07, 6.45) is 7.08. The van der Waals surface area contributed by atoms with E-state index < -0.39 is 5.91 Å². The van der Waals surface area contributed by atoms with Gasteiger partial charge in [0.25, 0.3) is 11.8 Å². The Kier molecular flexibility index (Phi) is 8.72. The van der Waals surface area contributed by atoms with Crippen LogP contribution in [0.2, 0.25) is 0 Å². The van der Waals surface area contributed by atoms with Crippen LogP contribution in [0.5, 0.6) is 11.5 Å². The van der Waals surface area contributed by atoms with Gasteiger partial charge in [-0.2, -0.15) is 0 Å². The number of ether oxygens (including phenoxy) is 2. The number of methoxy groups -OCH3 is 1. The van der Waals surface area contributed by atoms with Crippen molar-refractivity contribution in [3.8, 4) is 11.5 Å². The van der Waals surface area contributed by atoms with Crippen molar-refractivity contribution in [2.24, 2.45) is 12.0 Å². The number of aryl methyl sites for hydroxylation is 1. The molecule has 0 aliphatic carbocycles. The third kappa shape index (κ3) is 6.29. The third-order valence-corrected chi connectivity index (χ3v) is 9.05. The number of carbonyl (C=O) groups excluding carboxylic acids is 4. The number of nitrogens with zero attached hydrogens (tertiary/aromatic N) is 4. The number of carbonyl (C=O) groups is 4. The van der Waals surface area contributed by atoms with E-state index in [0.29, 0.717) is 46.2 Å². The molecule has 0 fully saturated rings. The minimum Gasteiger partial charge on any atom is -0.493 e. The van der Waals surface area contributed by atoms with Crippen LogP contribution in [0, 0.1) is 0 Å². The van der Waals surface area contributed by atoms with E-state index in [1.54, 1.807) is 60.8 Å². The van der Waals surface area contributed by atoms with E-state index in [9.17, 15) is 19.2 Å². The smallest absolute Gasteiger partial charge is 0.291 e. The maximum Gasteiger partial charge on any atom is 0.291 e. The highest BCUT2D eigenvalue weighted by Gasteiger charge is 2.35. The number of hydrogen-bond donors (Lipinski definition) is 2. The lowest BCUT2D eigenvalue weighted by Gasteiger charge is -2.22. The number of aldehydes is 1. The standard InChI is InChI=1S/C34H32N6O6S/c1-5-20-12-23-16-35-26-15-28(27(45-4)14-25(26)34(44)40(23)19(20)2)46-10-6-7-31(42)37-30-17-39(3)32(38-30)33(43)36-22-8-9-29-21(11-22)13-24(18-41)47-29/h5,8-9,11,13-18,23H,1,6-7,10,12H2,2-4H3,(H,36,43)(H,37,42). The molecule has 4 aromatic rings. The molecule has 2 N–H and O–H groups in total. The molecule has 2 aromatic heterocycles. The molecule has 1 atom stereocenters. The van der Waals surface area contributed by atoms with Gasteiger partial charge in [-0.15, -0.1) is 11.3 Å². The van der Waals surface area contributed by atoms with Gasteiger partial charge in [0.1, 0.15) is 0 Å². The molecule has 2 aliphatic rings. The lowest BCUT2D eigenvalue weighted by Crippen LogP contribution is -2.35. The number of aliphatic imine (C=N–C) groups is 1. The first kappa shape index (κ1) is 31.4. The molecule has 2 aliphatic heterocycles. The molecule has 47 heavy (non-hydrogen) atoms. The average molecular weight is 653 g/mol. The summed E-state index contributed by atoms with van der Waals surface area (Å²) in [5, 5.41) is 6.39. The van der Waals surface area contributed by atoms with E-state index in [1.807, 2.05) is 13.0 Å². The Labute approximate surface area is 274 Å². The third-order valence-electron chi connectivity index (χ3n) is 8.01. The van der Waals surface area contributed by atoms with Crippen molar-refractivity contribution in [2.75, 3.05) is 24.4 Å². The predicted molar refractivity (Wildman–Crippen MR) is 180 cm³/mol. The molecule has 0 bridgehead atoms. The van der Waals surface area contributed by atoms with Crippen LogP contribution in [-0.2, 0) is 11.8 Å². The second-order valence-corrected chi connectivity index (χ2v) is 12.2. The number of amides is 3. The predicted octanol–water partition coefficient (Wildman–Crippen LogP) is 5.90. The number of thiophene rings is 1. The summed E-state index contributed by atoms with van der Waals surface area (Å²) in [6, 6.07) is 10.3. The Hall–Kier alpha value is -5.56. The summed E-state index contributed by atoms with van der Waals surface area (Å²) < 4.78 is 13.9. The first-order valence-corrected chi connectivity index (χ1v) is 15.7. The number of imidazole rings is 1. The molecular weight excluding hydrogens is 620 g/mol. The van der Waals surface area contributed by atoms with E-state index in [4.69, 9.17) is 9.47 Å². The van der Waals surface area contributed by atoms with Gasteiger partial charge in [0.15, 0.2) is 23.6 Å². The molecule has 0 radical (unpaired) electrons. The number of anilines is 2. The zero-order valence-corrected chi connectivity index (χ0v) is 26.8. The molecule has 6 rings (SSSR count). The van der Waals surface area contributed by atoms with Crippen molar-refractivity contribution in [1.29, 1.82) is 0 Å². The van der Waals surface area contributed by atoms with E-state index in [0.717, 1.165) is 27.6 Å². The SMILES string of the molecule is C=CC1=C(C)N2C(=O)c3cc(OC)c(OCCCC(=O)Nc4cn(C)c(C(=O)Nc5ccc6sc(C=O)cc6c5)n4)cc3N=CC2C1. The fraction of sp³-hybridized carbons (Fsp3) is 0.235. The molecule has 0 saturated heterocycles. The average Bonchev–Trinajstić information content (AvgIpc) is 3.72. The van der Waals surface area contributed by atoms with Crippen LogP contribution in [0.25, 0.3) is 10.1 Å². The largest absolute Gasteiger partial charge is 0.493 e. The first-order valence-electron chi connectivity index (χ1n) is 14.9. The van der Waals surface area contributed by atoms with E-state index in [2.05, 4.69) is 27.2 Å². The zero-order chi connectivity index (χ0) is 33.2. The van der Waals surface area contributed by atoms with Crippen LogP contribution in [0.1, 0.15) is 56.8 Å². The minimum absolute atomic E-state index is 0.117. The van der Waals surface area contributed by atoms with Gasteiger partial charge in [-0.05, 0) is 54.6 Å². The second-order valence-electron chi connectivity index (χ2n) is 11.1. The molecule has 3 amide bonds. The maximum absolute atomic E-state index is 13.4. The number of allylic oxidation sites excluding steroid dienone is 2. The van der Waals surface area contributed by atoms with Crippen LogP contribution < -0.4 is 20.1 Å². The Morgan fingerprint density at radius 1 is 1.17 bits per heavy atom. The molecular formula is C34H32N6O6S. The minimum atomic E-state index is -0.444. The van der Waals surface area contributed by atoms with Crippen molar-refractivity contribution in [2.45, 2.75) is 32.2 Å². The van der Waals surface area contributed by atoms with Crippen LogP contribution in [-0.4, -0.2) is 64.4 Å². The van der Waals surface area contributed by atoms with Crippen molar-refractivity contribution >= 4 is 68.8 Å². The first-order chi connectivity index (χ1) is 22.7. The van der Waals surface area contributed by atoms with Gasteiger partial charge in [0.05, 0.1) is 35.9 Å². The number of benzene rings is 2. The monoisotopic (exact) mass is 652 g/mol. The Morgan fingerprint density at radius 3 is 2.77 bits per heavy atom. The number of rotatable bonds is 11. The van der Waals surface area contributed by atoms with Crippen molar-refractivity contribution in [1.82, 2.24) is 14.5 Å². The van der Waals surface area contributed by atoms with Crippen molar-refractivity contribution in [3.63, 3.8) is 0 Å². The van der Waals surface area contributed by atoms with Gasteiger partial charge in [-0.3, -0.25) is 24.2 Å². The van der Waals surface area contributed by atoms with Gasteiger partial charge in [-0.25, -0.2) is 4.98 Å². The van der Waals surface area contributed by atoms with Gasteiger partial charge < -0.3 is 29.6 Å². The molecule has 240 valence electrons. The maximum atomic E-state index is 13.4. The summed E-state index contributed by atoms with van der Waals surface area (Å²) >= 11 is 1.38. The van der Waals surface area contributed by atoms with E-state index >= 15 is 0 Å². The number of nitrogens with one attached hydrogen (secondary N) is 2. The highest BCUT2D eigenvalue weighted by Crippen LogP contribution is 2.40. The Balaban J connectivity index is 1.03. The molecule has 0 saturated carbocycles. The molecule has 0 spiro atoms. The summed E-state index contributed by atoms with van der Waals surface area (Å²) in [5.41, 5.74) is 3.34. The van der Waals surface area contributed by atoms with Crippen LogP contribution in [0.15, 0.2) is 71.5 Å². The summed E-state index contributed by atoms with van der Waals surface area (Å²) in [5.74, 6) is 0.267. The molecule has 2 aromatic carbocycles. The highest BCUT2D eigenvalue weighted by molar-refractivity contribution is 7.20. The normalized spacial score (nSPS) is 15.3. The number of hydrogen-bond acceptors (Lipinski definition) is 9. The molecule has 13 heteroatoms. The van der Waals surface area contributed by atoms with Gasteiger partial charge >= 0.3 is 0 Å². The topological polar surface area (TPSA) is 144 Å². The van der Waals surface area contributed by atoms with Gasteiger partial charge in [-0.1, -0.05) is 12.7 Å². The lowest BCUT2D eigenvalue weighted by atomic mass is 10.1. The quantitative estimate of drug-likeness (QED) is 0.152. The summed E-state index contributed by atoms with van der Waals surface area (Å²) in [7, 11) is 3.16. The molecule has 12 nitrogen and oxygen atoms in total. The fourth-order valence-corrected chi connectivity index (χ4v) is 6.52. The highest BCUT2D eigenvalue weighted by atomic mass is 32.1. The van der Waals surface area contributed by atoms with E-state index in [-0.39, 0.29) is 42.5 Å². The van der Waals surface area contributed by atoms with Gasteiger partial charge in [0, 0.05) is 54.5 Å². The van der Waals surface area contributed by atoms with Crippen molar-refractivity contribution in [3.05, 3.63) is 82.8 Å². The van der Waals surface area contributed by atoms with E-state index in [1.165, 1.54) is 23.0 Å². The van der Waals surface area contributed by atoms with Crippen molar-refractivity contribution < 1.29 is 28.7 Å². The summed E-state index contributed by atoms with van der Waals surface area (Å²) in [6.45, 7) is 5.97. The van der Waals surface area contributed by atoms with Crippen LogP contribution >= 0.6 is 11.3 Å². The molecule has 1 unspecified atom stereocenters. The zero-order valence-electron chi connectivity index (χ0n) is 26.0. The summed E-state index contributed by atoms with van der Waals surface area (Å²) in [4.78, 5) is 61.3. The lowest BCUT2D eigenvalue weighted by molar-refractivity contribution is -0.116. The Morgan fingerprint density at radius 2 is 2.00 bits per heavy atom. The molecule has 4 heterocycles. The number of aromatic nitrogens is 2. The van der Waals surface area contributed by atoms with Gasteiger partial charge in [0.2, 0.25) is 11.7 Å². The second kappa shape index (κ2) is 13.0. The van der Waals surface area contributed by atoms with Crippen LogP contribution in [0.3, 0.4) is 0 Å².